The van der Waals surface area contributed by atoms with E-state index in [-0.39, 0.29) is 11.3 Å². The molecule has 0 aliphatic heterocycles. The van der Waals surface area contributed by atoms with E-state index in [4.69, 9.17) is 0 Å². The topological polar surface area (TPSA) is 99.3 Å². The van der Waals surface area contributed by atoms with Crippen molar-refractivity contribution in [1.82, 2.24) is 9.71 Å². The number of carboxylic acid groups (broad SMARTS) is 1. The highest BCUT2D eigenvalue weighted by Crippen LogP contribution is 2.22. The number of para-hydroxylation sites is 1. The minimum Gasteiger partial charge on any atom is -0.480 e. The number of carboxylic acids is 1. The highest BCUT2D eigenvalue weighted by molar-refractivity contribution is 7.89. The van der Waals surface area contributed by atoms with Crippen LogP contribution in [-0.2, 0) is 21.2 Å². The molecule has 3 N–H and O–H groups in total. The summed E-state index contributed by atoms with van der Waals surface area (Å²) >= 11 is 0. The molecule has 1 heterocycles. The van der Waals surface area contributed by atoms with E-state index in [0.29, 0.717) is 0 Å². The van der Waals surface area contributed by atoms with Gasteiger partial charge in [-0.2, -0.15) is 4.72 Å². The molecular weight excluding hydrogens is 400 g/mol. The number of aliphatic carboxylic acids is 1. The van der Waals surface area contributed by atoms with Crippen LogP contribution >= 0.6 is 0 Å². The van der Waals surface area contributed by atoms with Crippen molar-refractivity contribution in [3.8, 4) is 11.1 Å². The van der Waals surface area contributed by atoms with Crippen molar-refractivity contribution in [3.05, 3.63) is 90.6 Å². The van der Waals surface area contributed by atoms with Gasteiger partial charge in [0.1, 0.15) is 6.04 Å². The number of aromatic nitrogens is 1. The first kappa shape index (κ1) is 19.9. The van der Waals surface area contributed by atoms with E-state index >= 15 is 0 Å². The number of hydrogen-bond acceptors (Lipinski definition) is 3. The van der Waals surface area contributed by atoms with E-state index in [1.54, 1.807) is 18.3 Å². The molecule has 1 atom stereocenters. The van der Waals surface area contributed by atoms with Gasteiger partial charge in [-0.25, -0.2) is 8.42 Å². The smallest absolute Gasteiger partial charge is 0.322 e. The summed E-state index contributed by atoms with van der Waals surface area (Å²) in [6.07, 6.45) is 1.74. The van der Waals surface area contributed by atoms with Gasteiger partial charge in [0.2, 0.25) is 10.0 Å². The molecule has 0 bridgehead atoms. The lowest BCUT2D eigenvalue weighted by Gasteiger charge is -2.15. The van der Waals surface area contributed by atoms with Crippen molar-refractivity contribution in [2.45, 2.75) is 17.4 Å². The number of sulfonamides is 1. The normalized spacial score (nSPS) is 12.7. The van der Waals surface area contributed by atoms with Gasteiger partial charge in [-0.3, -0.25) is 4.79 Å². The maximum absolute atomic E-state index is 12.8. The third kappa shape index (κ3) is 4.12. The Hall–Kier alpha value is -3.42. The van der Waals surface area contributed by atoms with Crippen molar-refractivity contribution in [1.29, 1.82) is 0 Å². The summed E-state index contributed by atoms with van der Waals surface area (Å²) < 4.78 is 27.9. The van der Waals surface area contributed by atoms with Gasteiger partial charge in [0.05, 0.1) is 4.90 Å². The quantitative estimate of drug-likeness (QED) is 0.423. The maximum atomic E-state index is 12.8. The zero-order chi connectivity index (χ0) is 21.1. The van der Waals surface area contributed by atoms with Gasteiger partial charge >= 0.3 is 5.97 Å². The molecule has 0 aliphatic rings. The SMILES string of the molecule is O=C(O)[C@@H](Cc1c[nH]c2ccccc12)NS(=O)(=O)c1ccc(-c2ccccc2)cc1. The zero-order valence-corrected chi connectivity index (χ0v) is 16.8. The Morgan fingerprint density at radius 2 is 1.53 bits per heavy atom. The zero-order valence-electron chi connectivity index (χ0n) is 15.9. The van der Waals surface area contributed by atoms with Crippen LogP contribution in [0.15, 0.2) is 90.0 Å². The van der Waals surface area contributed by atoms with Crippen molar-refractivity contribution in [3.63, 3.8) is 0 Å². The van der Waals surface area contributed by atoms with Crippen LogP contribution in [0.25, 0.3) is 22.0 Å². The fraction of sp³-hybridized carbons (Fsp3) is 0.0870. The molecule has 6 nitrogen and oxygen atoms in total. The van der Waals surface area contributed by atoms with E-state index in [2.05, 4.69) is 9.71 Å². The van der Waals surface area contributed by atoms with Gasteiger partial charge in [0, 0.05) is 23.5 Å². The Balaban J connectivity index is 1.56. The molecule has 7 heteroatoms. The summed E-state index contributed by atoms with van der Waals surface area (Å²) in [7, 11) is -4.00. The van der Waals surface area contributed by atoms with E-state index in [1.165, 1.54) is 12.1 Å². The lowest BCUT2D eigenvalue weighted by molar-refractivity contribution is -0.138. The van der Waals surface area contributed by atoms with Gasteiger partial charge in [-0.05, 0) is 34.9 Å². The first-order chi connectivity index (χ1) is 14.4. The summed E-state index contributed by atoms with van der Waals surface area (Å²) in [5.74, 6) is -1.23. The van der Waals surface area contributed by atoms with E-state index in [1.807, 2.05) is 54.6 Å². The van der Waals surface area contributed by atoms with E-state index in [0.717, 1.165) is 27.6 Å². The van der Waals surface area contributed by atoms with Gasteiger partial charge in [0.15, 0.2) is 0 Å². The third-order valence-electron chi connectivity index (χ3n) is 4.97. The number of benzene rings is 3. The molecule has 30 heavy (non-hydrogen) atoms. The molecule has 0 fully saturated rings. The lowest BCUT2D eigenvalue weighted by Crippen LogP contribution is -2.42. The van der Waals surface area contributed by atoms with Crippen LogP contribution in [0, 0.1) is 0 Å². The van der Waals surface area contributed by atoms with Crippen molar-refractivity contribution in [2.24, 2.45) is 0 Å². The number of carbonyl (C=O) groups is 1. The van der Waals surface area contributed by atoms with Crippen LogP contribution < -0.4 is 4.72 Å². The van der Waals surface area contributed by atoms with E-state index in [9.17, 15) is 18.3 Å². The molecule has 1 aromatic heterocycles. The third-order valence-corrected chi connectivity index (χ3v) is 6.45. The fourth-order valence-electron chi connectivity index (χ4n) is 3.41. The van der Waals surface area contributed by atoms with Gasteiger partial charge in [-0.15, -0.1) is 0 Å². The summed E-state index contributed by atoms with van der Waals surface area (Å²) in [4.78, 5) is 14.9. The minimum atomic E-state index is -4.00. The predicted molar refractivity (Wildman–Crippen MR) is 116 cm³/mol. The van der Waals surface area contributed by atoms with Crippen LogP contribution in [0.1, 0.15) is 5.56 Å². The van der Waals surface area contributed by atoms with Crippen LogP contribution in [-0.4, -0.2) is 30.5 Å². The van der Waals surface area contributed by atoms with Crippen LogP contribution in [0.5, 0.6) is 0 Å². The molecule has 3 aromatic carbocycles. The summed E-state index contributed by atoms with van der Waals surface area (Å²) in [6, 6.07) is 22.2. The Bertz CT molecular complexity index is 1280. The Morgan fingerprint density at radius 1 is 0.900 bits per heavy atom. The maximum Gasteiger partial charge on any atom is 0.322 e. The molecule has 0 saturated carbocycles. The largest absolute Gasteiger partial charge is 0.480 e. The summed E-state index contributed by atoms with van der Waals surface area (Å²) in [6.45, 7) is 0. The Kier molecular flexibility index (Phi) is 5.39. The second kappa shape index (κ2) is 8.14. The fourth-order valence-corrected chi connectivity index (χ4v) is 4.60. The molecular formula is C23H20N2O4S. The molecule has 152 valence electrons. The highest BCUT2D eigenvalue weighted by Gasteiger charge is 2.26. The monoisotopic (exact) mass is 420 g/mol. The first-order valence-electron chi connectivity index (χ1n) is 9.40. The molecule has 4 aromatic rings. The molecule has 0 amide bonds. The molecule has 0 saturated heterocycles. The van der Waals surface area contributed by atoms with Crippen molar-refractivity contribution in [2.75, 3.05) is 0 Å². The Labute approximate surface area is 174 Å². The number of nitrogens with one attached hydrogen (secondary N) is 2. The number of aromatic amines is 1. The molecule has 0 radical (unpaired) electrons. The van der Waals surface area contributed by atoms with Crippen LogP contribution in [0.2, 0.25) is 0 Å². The average Bonchev–Trinajstić information content (AvgIpc) is 3.17. The molecule has 0 spiro atoms. The number of H-pyrrole nitrogens is 1. The second-order valence-corrected chi connectivity index (χ2v) is 8.68. The first-order valence-corrected chi connectivity index (χ1v) is 10.9. The standard InChI is InChI=1S/C23H20N2O4S/c26-23(27)22(14-18-15-24-21-9-5-4-8-20(18)21)25-30(28,29)19-12-10-17(11-13-19)16-6-2-1-3-7-16/h1-13,15,22,24-25H,14H2,(H,26,27)/t22-/m1/s1. The highest BCUT2D eigenvalue weighted by atomic mass is 32.2. The number of fused-ring (bicyclic) bond motifs is 1. The average molecular weight is 420 g/mol. The van der Waals surface area contributed by atoms with E-state index < -0.39 is 22.0 Å². The van der Waals surface area contributed by atoms with Gasteiger partial charge in [-0.1, -0.05) is 60.7 Å². The van der Waals surface area contributed by atoms with Gasteiger partial charge < -0.3 is 10.1 Å². The summed E-state index contributed by atoms with van der Waals surface area (Å²) in [5, 5.41) is 10.5. The number of rotatable bonds is 7. The van der Waals surface area contributed by atoms with Crippen molar-refractivity contribution < 1.29 is 18.3 Å². The van der Waals surface area contributed by atoms with Crippen LogP contribution in [0.3, 0.4) is 0 Å². The lowest BCUT2D eigenvalue weighted by atomic mass is 10.1. The van der Waals surface area contributed by atoms with Gasteiger partial charge in [0.25, 0.3) is 0 Å². The molecule has 4 rings (SSSR count). The molecule has 0 aliphatic carbocycles. The predicted octanol–water partition coefficient (Wildman–Crippen LogP) is 3.81. The molecule has 0 unspecified atom stereocenters. The second-order valence-electron chi connectivity index (χ2n) is 6.97. The summed E-state index contributed by atoms with van der Waals surface area (Å²) in [5.41, 5.74) is 3.46. The Morgan fingerprint density at radius 3 is 2.23 bits per heavy atom. The van der Waals surface area contributed by atoms with Crippen molar-refractivity contribution >= 4 is 26.9 Å². The minimum absolute atomic E-state index is 0.0207. The van der Waals surface area contributed by atoms with Crippen LogP contribution in [0.4, 0.5) is 0 Å². The number of hydrogen-bond donors (Lipinski definition) is 3.